The third-order valence-electron chi connectivity index (χ3n) is 4.47. The fourth-order valence-electron chi connectivity index (χ4n) is 2.97. The van der Waals surface area contributed by atoms with Crippen LogP contribution in [0.2, 0.25) is 5.02 Å². The number of furan rings is 1. The number of hydrogen-bond donors (Lipinski definition) is 1. The number of nitro benzene ring substituents is 1. The maximum absolute atomic E-state index is 12.2. The summed E-state index contributed by atoms with van der Waals surface area (Å²) >= 11 is 11.5. The van der Waals surface area contributed by atoms with Crippen LogP contribution in [0.5, 0.6) is 0 Å². The van der Waals surface area contributed by atoms with E-state index in [1.807, 2.05) is 6.92 Å². The van der Waals surface area contributed by atoms with Gasteiger partial charge in [0.05, 0.1) is 9.95 Å². The summed E-state index contributed by atoms with van der Waals surface area (Å²) in [5.41, 5.74) is 1.59. The van der Waals surface area contributed by atoms with Gasteiger partial charge in [0.1, 0.15) is 17.6 Å². The van der Waals surface area contributed by atoms with Gasteiger partial charge in [0, 0.05) is 36.0 Å². The van der Waals surface area contributed by atoms with E-state index in [9.17, 15) is 14.9 Å². The first-order valence-electron chi connectivity index (χ1n) is 8.00. The molecule has 1 N–H and O–H groups in total. The molecule has 140 valence electrons. The molecule has 0 radical (unpaired) electrons. The van der Waals surface area contributed by atoms with Crippen LogP contribution in [0.3, 0.4) is 0 Å². The Morgan fingerprint density at radius 1 is 1.37 bits per heavy atom. The van der Waals surface area contributed by atoms with Crippen molar-refractivity contribution < 1.29 is 14.1 Å². The fourth-order valence-corrected chi connectivity index (χ4v) is 3.44. The van der Waals surface area contributed by atoms with Crippen molar-refractivity contribution in [3.05, 3.63) is 62.5 Å². The molecular weight excluding hydrogens is 390 g/mol. The van der Waals surface area contributed by atoms with E-state index in [4.69, 9.17) is 28.2 Å². The lowest BCUT2D eigenvalue weighted by Crippen LogP contribution is -2.45. The highest BCUT2D eigenvalue weighted by molar-refractivity contribution is 7.80. The zero-order chi connectivity index (χ0) is 19.9. The number of ketones is 1. The van der Waals surface area contributed by atoms with E-state index in [0.29, 0.717) is 32.8 Å². The summed E-state index contributed by atoms with van der Waals surface area (Å²) < 4.78 is 5.90. The molecule has 2 heterocycles. The number of nitrogens with zero attached hydrogens (tertiary/aromatic N) is 2. The summed E-state index contributed by atoms with van der Waals surface area (Å²) in [5, 5.41) is 14.9. The lowest BCUT2D eigenvalue weighted by molar-refractivity contribution is -0.384. The van der Waals surface area contributed by atoms with Crippen molar-refractivity contribution in [1.29, 1.82) is 0 Å². The van der Waals surface area contributed by atoms with Crippen LogP contribution in [0.15, 0.2) is 46.0 Å². The fraction of sp³-hybridized carbons (Fsp3) is 0.222. The quantitative estimate of drug-likeness (QED) is 0.462. The predicted octanol–water partition coefficient (Wildman–Crippen LogP) is 4.23. The number of carbonyl (C=O) groups excluding carboxylic acids is 1. The molecule has 1 aliphatic rings. The molecule has 1 aromatic carbocycles. The summed E-state index contributed by atoms with van der Waals surface area (Å²) in [5.74, 6) is 0.726. The molecule has 3 rings (SSSR count). The number of non-ortho nitro benzene ring substituents is 1. The average molecular weight is 406 g/mol. The Balaban J connectivity index is 2.06. The molecule has 0 aliphatic carbocycles. The van der Waals surface area contributed by atoms with Crippen LogP contribution in [-0.4, -0.2) is 27.8 Å². The topological polar surface area (TPSA) is 88.6 Å². The van der Waals surface area contributed by atoms with Gasteiger partial charge in [-0.3, -0.25) is 14.9 Å². The molecule has 0 spiro atoms. The number of benzene rings is 1. The predicted molar refractivity (Wildman–Crippen MR) is 105 cm³/mol. The van der Waals surface area contributed by atoms with Crippen LogP contribution in [0.4, 0.5) is 5.69 Å². The van der Waals surface area contributed by atoms with Gasteiger partial charge >= 0.3 is 0 Å². The minimum atomic E-state index is -0.544. The van der Waals surface area contributed by atoms with Crippen molar-refractivity contribution in [1.82, 2.24) is 10.2 Å². The number of hydrogen-bond acceptors (Lipinski definition) is 5. The lowest BCUT2D eigenvalue weighted by atomic mass is 9.97. The van der Waals surface area contributed by atoms with Gasteiger partial charge in [-0.05, 0) is 44.3 Å². The third kappa shape index (κ3) is 3.45. The van der Waals surface area contributed by atoms with Gasteiger partial charge in [-0.2, -0.15) is 0 Å². The molecule has 1 aliphatic heterocycles. The van der Waals surface area contributed by atoms with Crippen LogP contribution in [-0.2, 0) is 4.79 Å². The van der Waals surface area contributed by atoms with Crippen molar-refractivity contribution in [2.45, 2.75) is 19.9 Å². The average Bonchev–Trinajstić information content (AvgIpc) is 3.08. The monoisotopic (exact) mass is 405 g/mol. The van der Waals surface area contributed by atoms with Crippen LogP contribution in [0.1, 0.15) is 25.6 Å². The normalized spacial score (nSPS) is 17.1. The standard InChI is InChI=1S/C18H16ClN3O4S/c1-9-16(10(2)23)17(20-18(27)21(9)3)15-7-6-14(26-15)12-8-11(22(24)25)4-5-13(12)19/h4-8,17H,1-3H3,(H,20,27). The Morgan fingerprint density at radius 3 is 2.70 bits per heavy atom. The second kappa shape index (κ2) is 7.13. The number of allylic oxidation sites excluding steroid dienone is 1. The summed E-state index contributed by atoms with van der Waals surface area (Å²) in [6, 6.07) is 6.95. The molecule has 0 amide bonds. The molecule has 0 fully saturated rings. The molecule has 0 saturated carbocycles. The summed E-state index contributed by atoms with van der Waals surface area (Å²) in [6.45, 7) is 3.30. The molecule has 1 atom stereocenters. The number of nitro groups is 1. The highest BCUT2D eigenvalue weighted by Gasteiger charge is 2.32. The zero-order valence-corrected chi connectivity index (χ0v) is 16.4. The summed E-state index contributed by atoms with van der Waals surface area (Å²) in [7, 11) is 1.78. The largest absolute Gasteiger partial charge is 0.458 e. The van der Waals surface area contributed by atoms with Gasteiger partial charge in [-0.15, -0.1) is 0 Å². The van der Waals surface area contributed by atoms with Crippen molar-refractivity contribution in [3.63, 3.8) is 0 Å². The van der Waals surface area contributed by atoms with Crippen molar-refractivity contribution >= 4 is 40.4 Å². The van der Waals surface area contributed by atoms with E-state index in [2.05, 4.69) is 5.32 Å². The number of Topliss-reactive ketones (excluding diaryl/α,β-unsaturated/α-hetero) is 1. The smallest absolute Gasteiger partial charge is 0.270 e. The number of halogens is 1. The first kappa shape index (κ1) is 19.1. The Kier molecular flexibility index (Phi) is 5.03. The van der Waals surface area contributed by atoms with Crippen LogP contribution >= 0.6 is 23.8 Å². The molecule has 2 aromatic rings. The highest BCUT2D eigenvalue weighted by Crippen LogP contribution is 2.36. The number of nitrogens with one attached hydrogen (secondary N) is 1. The third-order valence-corrected chi connectivity index (χ3v) is 5.19. The zero-order valence-electron chi connectivity index (χ0n) is 14.8. The van der Waals surface area contributed by atoms with Crippen molar-refractivity contribution in [2.24, 2.45) is 0 Å². The van der Waals surface area contributed by atoms with E-state index in [1.165, 1.54) is 25.1 Å². The first-order valence-corrected chi connectivity index (χ1v) is 8.79. The molecule has 27 heavy (non-hydrogen) atoms. The minimum Gasteiger partial charge on any atom is -0.458 e. The number of rotatable bonds is 4. The van der Waals surface area contributed by atoms with Crippen LogP contribution in [0.25, 0.3) is 11.3 Å². The summed E-state index contributed by atoms with van der Waals surface area (Å²) in [4.78, 5) is 24.4. The van der Waals surface area contributed by atoms with Crippen LogP contribution < -0.4 is 5.32 Å². The van der Waals surface area contributed by atoms with Gasteiger partial charge in [-0.25, -0.2) is 0 Å². The van der Waals surface area contributed by atoms with E-state index in [0.717, 1.165) is 5.70 Å². The second-order valence-corrected chi connectivity index (χ2v) is 6.91. The number of carbonyl (C=O) groups is 1. The molecule has 7 nitrogen and oxygen atoms in total. The Bertz CT molecular complexity index is 998. The molecule has 1 unspecified atom stereocenters. The Labute approximate surface area is 165 Å². The SMILES string of the molecule is CC(=O)C1=C(C)N(C)C(=S)NC1c1ccc(-c2cc([N+](=O)[O-])ccc2Cl)o1. The van der Waals surface area contributed by atoms with E-state index >= 15 is 0 Å². The van der Waals surface area contributed by atoms with Gasteiger partial charge < -0.3 is 14.6 Å². The lowest BCUT2D eigenvalue weighted by Gasteiger charge is -2.34. The van der Waals surface area contributed by atoms with Crippen molar-refractivity contribution in [3.8, 4) is 11.3 Å². The second-order valence-electron chi connectivity index (χ2n) is 6.12. The first-order chi connectivity index (χ1) is 12.7. The van der Waals surface area contributed by atoms with E-state index in [-0.39, 0.29) is 11.5 Å². The highest BCUT2D eigenvalue weighted by atomic mass is 35.5. The minimum absolute atomic E-state index is 0.0916. The number of thiocarbonyl (C=S) groups is 1. The van der Waals surface area contributed by atoms with Gasteiger partial charge in [-0.1, -0.05) is 11.6 Å². The van der Waals surface area contributed by atoms with E-state index < -0.39 is 11.0 Å². The molecule has 0 bridgehead atoms. The maximum Gasteiger partial charge on any atom is 0.270 e. The molecule has 9 heteroatoms. The van der Waals surface area contributed by atoms with Gasteiger partial charge in [0.25, 0.3) is 5.69 Å². The van der Waals surface area contributed by atoms with Crippen LogP contribution in [0, 0.1) is 10.1 Å². The molecular formula is C18H16ClN3O4S. The van der Waals surface area contributed by atoms with Crippen molar-refractivity contribution in [2.75, 3.05) is 7.05 Å². The molecule has 0 saturated heterocycles. The Hall–Kier alpha value is -2.71. The summed E-state index contributed by atoms with van der Waals surface area (Å²) in [6.07, 6.45) is 0. The maximum atomic E-state index is 12.2. The Morgan fingerprint density at radius 2 is 2.07 bits per heavy atom. The van der Waals surface area contributed by atoms with E-state index in [1.54, 1.807) is 24.1 Å². The van der Waals surface area contributed by atoms with Gasteiger partial charge in [0.2, 0.25) is 0 Å². The van der Waals surface area contributed by atoms with Gasteiger partial charge in [0.15, 0.2) is 10.9 Å². The molecule has 1 aromatic heterocycles.